The number of hydrogen-bond donors (Lipinski definition) is 3. The van der Waals surface area contributed by atoms with Crippen molar-refractivity contribution in [1.82, 2.24) is 5.32 Å². The first-order chi connectivity index (χ1) is 11.3. The van der Waals surface area contributed by atoms with Crippen LogP contribution in [0.2, 0.25) is 0 Å². The second kappa shape index (κ2) is 9.19. The standard InChI is InChI=1S/C20H25NO2.ClH/c22-18-14-8-7-13-17(18)21-19(15-9-3-1-4-10-15)20(23)16-11-5-2-6-12-16;/h1-6,9-12,17-23H,7-8,13-14H2;1H. The molecule has 3 nitrogen and oxygen atoms in total. The van der Waals surface area contributed by atoms with Crippen LogP contribution in [0.5, 0.6) is 0 Å². The van der Waals surface area contributed by atoms with E-state index in [9.17, 15) is 10.2 Å². The van der Waals surface area contributed by atoms with Crippen molar-refractivity contribution in [3.8, 4) is 0 Å². The summed E-state index contributed by atoms with van der Waals surface area (Å²) in [6.07, 6.45) is 3.01. The number of aliphatic hydroxyl groups excluding tert-OH is 2. The second-order valence-corrected chi connectivity index (χ2v) is 6.37. The van der Waals surface area contributed by atoms with E-state index >= 15 is 0 Å². The van der Waals surface area contributed by atoms with E-state index in [1.807, 2.05) is 60.7 Å². The molecule has 130 valence electrons. The fourth-order valence-electron chi connectivity index (χ4n) is 3.41. The molecular formula is C20H26ClNO2. The number of rotatable bonds is 5. The second-order valence-electron chi connectivity index (χ2n) is 6.37. The van der Waals surface area contributed by atoms with E-state index in [1.54, 1.807) is 0 Å². The van der Waals surface area contributed by atoms with Crippen molar-refractivity contribution in [2.75, 3.05) is 0 Å². The molecule has 24 heavy (non-hydrogen) atoms. The predicted molar refractivity (Wildman–Crippen MR) is 99.2 cm³/mol. The molecule has 0 amide bonds. The summed E-state index contributed by atoms with van der Waals surface area (Å²) in [5, 5.41) is 24.7. The molecule has 1 aliphatic rings. The van der Waals surface area contributed by atoms with Crippen LogP contribution in [-0.2, 0) is 0 Å². The largest absolute Gasteiger partial charge is 0.392 e. The van der Waals surface area contributed by atoms with E-state index in [4.69, 9.17) is 0 Å². The molecule has 3 N–H and O–H groups in total. The topological polar surface area (TPSA) is 52.5 Å². The summed E-state index contributed by atoms with van der Waals surface area (Å²) in [6, 6.07) is 19.5. The monoisotopic (exact) mass is 347 g/mol. The van der Waals surface area contributed by atoms with Crippen molar-refractivity contribution in [2.45, 2.75) is 50.0 Å². The van der Waals surface area contributed by atoms with Crippen molar-refractivity contribution in [2.24, 2.45) is 0 Å². The Morgan fingerprint density at radius 1 is 0.833 bits per heavy atom. The summed E-state index contributed by atoms with van der Waals surface area (Å²) < 4.78 is 0. The normalized spacial score (nSPS) is 23.1. The fourth-order valence-corrected chi connectivity index (χ4v) is 3.41. The summed E-state index contributed by atoms with van der Waals surface area (Å²) in [4.78, 5) is 0. The van der Waals surface area contributed by atoms with Gasteiger partial charge in [-0.25, -0.2) is 0 Å². The van der Waals surface area contributed by atoms with Crippen LogP contribution in [0.15, 0.2) is 60.7 Å². The van der Waals surface area contributed by atoms with Gasteiger partial charge in [-0.15, -0.1) is 12.4 Å². The van der Waals surface area contributed by atoms with Gasteiger partial charge in [0.25, 0.3) is 0 Å². The fraction of sp³-hybridized carbons (Fsp3) is 0.400. The Morgan fingerprint density at radius 2 is 1.38 bits per heavy atom. The van der Waals surface area contributed by atoms with Gasteiger partial charge in [-0.1, -0.05) is 73.5 Å². The summed E-state index contributed by atoms with van der Waals surface area (Å²) in [6.45, 7) is 0. The average Bonchev–Trinajstić information content (AvgIpc) is 2.62. The zero-order chi connectivity index (χ0) is 16.1. The Bertz CT molecular complexity index is 593. The lowest BCUT2D eigenvalue weighted by Gasteiger charge is -2.34. The highest BCUT2D eigenvalue weighted by Gasteiger charge is 2.29. The van der Waals surface area contributed by atoms with E-state index in [0.29, 0.717) is 0 Å². The van der Waals surface area contributed by atoms with Gasteiger partial charge >= 0.3 is 0 Å². The number of halogens is 1. The van der Waals surface area contributed by atoms with Crippen molar-refractivity contribution >= 4 is 12.4 Å². The Kier molecular flexibility index (Phi) is 7.25. The Balaban J connectivity index is 0.00000208. The zero-order valence-corrected chi connectivity index (χ0v) is 14.5. The van der Waals surface area contributed by atoms with E-state index < -0.39 is 6.10 Å². The summed E-state index contributed by atoms with van der Waals surface area (Å²) in [7, 11) is 0. The van der Waals surface area contributed by atoms with Gasteiger partial charge in [0.2, 0.25) is 0 Å². The van der Waals surface area contributed by atoms with Crippen molar-refractivity contribution in [1.29, 1.82) is 0 Å². The maximum absolute atomic E-state index is 10.9. The first-order valence-electron chi connectivity index (χ1n) is 8.48. The lowest BCUT2D eigenvalue weighted by atomic mass is 9.89. The van der Waals surface area contributed by atoms with Gasteiger partial charge < -0.3 is 15.5 Å². The summed E-state index contributed by atoms with van der Waals surface area (Å²) in [5.41, 5.74) is 1.93. The van der Waals surface area contributed by atoms with Gasteiger partial charge in [0, 0.05) is 6.04 Å². The number of benzene rings is 2. The SMILES string of the molecule is Cl.OC1CCCCC1NC(c1ccccc1)C(O)c1ccccc1. The molecule has 0 saturated heterocycles. The van der Waals surface area contributed by atoms with Crippen molar-refractivity contribution in [3.63, 3.8) is 0 Å². The van der Waals surface area contributed by atoms with Gasteiger partial charge in [0.1, 0.15) is 0 Å². The number of aliphatic hydroxyl groups is 2. The molecular weight excluding hydrogens is 322 g/mol. The molecule has 1 saturated carbocycles. The lowest BCUT2D eigenvalue weighted by Crippen LogP contribution is -2.45. The van der Waals surface area contributed by atoms with Gasteiger partial charge in [-0.3, -0.25) is 0 Å². The molecule has 0 spiro atoms. The first-order valence-corrected chi connectivity index (χ1v) is 8.48. The minimum atomic E-state index is -0.646. The Labute approximate surface area is 150 Å². The molecule has 4 heteroatoms. The third kappa shape index (κ3) is 4.58. The molecule has 0 aromatic heterocycles. The minimum absolute atomic E-state index is 0. The van der Waals surface area contributed by atoms with E-state index in [1.165, 1.54) is 0 Å². The molecule has 1 fully saturated rings. The average molecular weight is 348 g/mol. The maximum Gasteiger partial charge on any atom is 0.0984 e. The van der Waals surface area contributed by atoms with Crippen LogP contribution in [-0.4, -0.2) is 22.4 Å². The molecule has 4 unspecified atom stereocenters. The lowest BCUT2D eigenvalue weighted by molar-refractivity contribution is 0.0591. The van der Waals surface area contributed by atoms with Crippen LogP contribution < -0.4 is 5.32 Å². The van der Waals surface area contributed by atoms with Gasteiger partial charge in [-0.05, 0) is 24.0 Å². The van der Waals surface area contributed by atoms with Gasteiger partial charge in [-0.2, -0.15) is 0 Å². The van der Waals surface area contributed by atoms with Gasteiger partial charge in [0.05, 0.1) is 18.2 Å². The third-order valence-corrected chi connectivity index (χ3v) is 4.74. The van der Waals surface area contributed by atoms with Gasteiger partial charge in [0.15, 0.2) is 0 Å². The quantitative estimate of drug-likeness (QED) is 0.771. The predicted octanol–water partition coefficient (Wildman–Crippen LogP) is 3.78. The van der Waals surface area contributed by atoms with E-state index in [0.717, 1.165) is 36.8 Å². The molecule has 0 aliphatic heterocycles. The molecule has 0 radical (unpaired) electrons. The number of nitrogens with one attached hydrogen (secondary N) is 1. The van der Waals surface area contributed by atoms with Crippen molar-refractivity contribution in [3.05, 3.63) is 71.8 Å². The van der Waals surface area contributed by atoms with E-state index in [-0.39, 0.29) is 30.6 Å². The van der Waals surface area contributed by atoms with Crippen LogP contribution in [0.4, 0.5) is 0 Å². The summed E-state index contributed by atoms with van der Waals surface area (Å²) >= 11 is 0. The minimum Gasteiger partial charge on any atom is -0.392 e. The Morgan fingerprint density at radius 3 is 1.96 bits per heavy atom. The van der Waals surface area contributed by atoms with Crippen LogP contribution in [0.1, 0.15) is 49.0 Å². The molecule has 0 bridgehead atoms. The summed E-state index contributed by atoms with van der Waals surface area (Å²) in [5.74, 6) is 0. The first kappa shape index (κ1) is 18.9. The zero-order valence-electron chi connectivity index (χ0n) is 13.7. The highest BCUT2D eigenvalue weighted by atomic mass is 35.5. The van der Waals surface area contributed by atoms with Crippen molar-refractivity contribution < 1.29 is 10.2 Å². The van der Waals surface area contributed by atoms with E-state index in [2.05, 4.69) is 5.32 Å². The molecule has 2 aromatic rings. The Hall–Kier alpha value is -1.39. The van der Waals surface area contributed by atoms with Crippen LogP contribution >= 0.6 is 12.4 Å². The maximum atomic E-state index is 10.9. The highest BCUT2D eigenvalue weighted by molar-refractivity contribution is 5.85. The van der Waals surface area contributed by atoms with Crippen LogP contribution in [0.25, 0.3) is 0 Å². The highest BCUT2D eigenvalue weighted by Crippen LogP contribution is 2.31. The molecule has 2 aromatic carbocycles. The molecule has 0 heterocycles. The third-order valence-electron chi connectivity index (χ3n) is 4.74. The molecule has 4 atom stereocenters. The molecule has 1 aliphatic carbocycles. The number of hydrogen-bond acceptors (Lipinski definition) is 3. The van der Waals surface area contributed by atoms with Crippen LogP contribution in [0.3, 0.4) is 0 Å². The molecule has 3 rings (SSSR count). The smallest absolute Gasteiger partial charge is 0.0984 e. The van der Waals surface area contributed by atoms with Crippen LogP contribution in [0, 0.1) is 0 Å².